The van der Waals surface area contributed by atoms with E-state index in [0.29, 0.717) is 54.0 Å². The Morgan fingerprint density at radius 1 is 1.05 bits per heavy atom. The molecule has 0 radical (unpaired) electrons. The van der Waals surface area contributed by atoms with Crippen LogP contribution in [0.5, 0.6) is 0 Å². The quantitative estimate of drug-likeness (QED) is 0.174. The van der Waals surface area contributed by atoms with E-state index in [0.717, 1.165) is 33.7 Å². The zero-order chi connectivity index (χ0) is 27.9. The fourth-order valence-corrected chi connectivity index (χ4v) is 5.20. The lowest BCUT2D eigenvalue weighted by Crippen LogP contribution is -2.28. The Bertz CT molecular complexity index is 1460. The van der Waals surface area contributed by atoms with Crippen molar-refractivity contribution >= 4 is 74.9 Å². The van der Waals surface area contributed by atoms with Gasteiger partial charge >= 0.3 is 0 Å². The number of hydrogen-bond donors (Lipinski definition) is 3. The molecule has 2 heterocycles. The van der Waals surface area contributed by atoms with Crippen molar-refractivity contribution in [3.8, 4) is 11.5 Å². The van der Waals surface area contributed by atoms with Crippen molar-refractivity contribution in [2.75, 3.05) is 52.4 Å². The number of anilines is 3. The second-order valence-electron chi connectivity index (χ2n) is 9.15. The number of aromatic amines is 1. The van der Waals surface area contributed by atoms with Gasteiger partial charge in [-0.1, -0.05) is 0 Å². The molecule has 8 nitrogen and oxygen atoms in total. The fourth-order valence-electron chi connectivity index (χ4n) is 4.41. The molecule has 3 N–H and O–H groups in total. The van der Waals surface area contributed by atoms with E-state index in [1.807, 2.05) is 61.3 Å². The Morgan fingerprint density at radius 3 is 2.51 bits per heavy atom. The molecule has 39 heavy (non-hydrogen) atoms. The number of aromatic nitrogens is 3. The summed E-state index contributed by atoms with van der Waals surface area (Å²) in [6.07, 6.45) is 4.30. The molecule has 0 atom stereocenters. The van der Waals surface area contributed by atoms with Crippen LogP contribution in [0.1, 0.15) is 22.3 Å². The Kier molecular flexibility index (Phi) is 9.83. The number of amides is 2. The van der Waals surface area contributed by atoms with Gasteiger partial charge in [0, 0.05) is 67.2 Å². The van der Waals surface area contributed by atoms with Crippen LogP contribution in [0.2, 0.25) is 0 Å². The van der Waals surface area contributed by atoms with Gasteiger partial charge in [-0.15, -0.1) is 23.2 Å². The molecule has 0 aliphatic heterocycles. The van der Waals surface area contributed by atoms with Gasteiger partial charge in [-0.05, 0) is 61.2 Å². The molecular formula is C28H32Cl2N6O2S. The van der Waals surface area contributed by atoms with Gasteiger partial charge in [0.05, 0.1) is 22.4 Å². The summed E-state index contributed by atoms with van der Waals surface area (Å²) < 4.78 is 1.91. The molecule has 0 fully saturated rings. The third-order valence-electron chi connectivity index (χ3n) is 6.31. The lowest BCUT2D eigenvalue weighted by atomic mass is 10.1. The molecular weight excluding hydrogens is 555 g/mol. The lowest BCUT2D eigenvalue weighted by molar-refractivity contribution is -0.115. The van der Waals surface area contributed by atoms with Crippen molar-refractivity contribution in [3.05, 3.63) is 59.8 Å². The van der Waals surface area contributed by atoms with Gasteiger partial charge in [-0.3, -0.25) is 9.59 Å². The standard InChI is InChI=1S/C28H32Cl2N6O2S/c1-18-14-20(5-7-24(18)36(11-9-29)12-10-30)32-28(38)19-4-6-22-23(15-19)34-27(33-22)25-16-21(17-35(25)2)31-26(37)8-13-39-3/h4-7,14-17H,8-13H2,1-3H3,(H,31,37)(H,32,38)(H,33,34). The van der Waals surface area contributed by atoms with E-state index in [-0.39, 0.29) is 11.8 Å². The van der Waals surface area contributed by atoms with Crippen LogP contribution in [0.15, 0.2) is 48.7 Å². The number of fused-ring (bicyclic) bond motifs is 1. The first kappa shape index (κ1) is 28.9. The van der Waals surface area contributed by atoms with Crippen molar-refractivity contribution < 1.29 is 9.59 Å². The number of hydrogen-bond acceptors (Lipinski definition) is 5. The van der Waals surface area contributed by atoms with Crippen LogP contribution < -0.4 is 15.5 Å². The predicted molar refractivity (Wildman–Crippen MR) is 165 cm³/mol. The first-order valence-electron chi connectivity index (χ1n) is 12.6. The number of rotatable bonds is 12. The molecule has 0 aliphatic carbocycles. The van der Waals surface area contributed by atoms with Crippen LogP contribution in [0.3, 0.4) is 0 Å². The topological polar surface area (TPSA) is 95.1 Å². The molecule has 0 spiro atoms. The minimum atomic E-state index is -0.215. The van der Waals surface area contributed by atoms with Gasteiger partial charge < -0.3 is 25.1 Å². The summed E-state index contributed by atoms with van der Waals surface area (Å²) in [5.74, 6) is 2.21. The number of nitrogens with one attached hydrogen (secondary N) is 3. The number of carbonyl (C=O) groups excluding carboxylic acids is 2. The zero-order valence-corrected chi connectivity index (χ0v) is 24.5. The molecule has 0 aliphatic rings. The molecule has 206 valence electrons. The van der Waals surface area contributed by atoms with Crippen LogP contribution in [0.25, 0.3) is 22.6 Å². The molecule has 0 unspecified atom stereocenters. The van der Waals surface area contributed by atoms with E-state index < -0.39 is 0 Å². The van der Waals surface area contributed by atoms with Crippen molar-refractivity contribution in [2.24, 2.45) is 7.05 Å². The second kappa shape index (κ2) is 13.3. The van der Waals surface area contributed by atoms with Crippen molar-refractivity contribution in [1.82, 2.24) is 14.5 Å². The monoisotopic (exact) mass is 586 g/mol. The van der Waals surface area contributed by atoms with Crippen molar-refractivity contribution in [2.45, 2.75) is 13.3 Å². The maximum Gasteiger partial charge on any atom is 0.255 e. The Morgan fingerprint density at radius 2 is 1.82 bits per heavy atom. The smallest absolute Gasteiger partial charge is 0.255 e. The number of carbonyl (C=O) groups is 2. The largest absolute Gasteiger partial charge is 0.369 e. The summed E-state index contributed by atoms with van der Waals surface area (Å²) in [6.45, 7) is 3.40. The molecule has 4 rings (SSSR count). The summed E-state index contributed by atoms with van der Waals surface area (Å²) in [5, 5.41) is 5.92. The first-order chi connectivity index (χ1) is 18.8. The van der Waals surface area contributed by atoms with E-state index in [2.05, 4.69) is 20.5 Å². The van der Waals surface area contributed by atoms with Crippen LogP contribution in [-0.4, -0.2) is 63.2 Å². The number of halogens is 2. The average Bonchev–Trinajstić information content (AvgIpc) is 3.49. The lowest BCUT2D eigenvalue weighted by Gasteiger charge is -2.25. The highest BCUT2D eigenvalue weighted by Gasteiger charge is 2.15. The Balaban J connectivity index is 1.49. The third kappa shape index (κ3) is 7.09. The highest BCUT2D eigenvalue weighted by molar-refractivity contribution is 7.98. The summed E-state index contributed by atoms with van der Waals surface area (Å²) >= 11 is 13.5. The third-order valence-corrected chi connectivity index (χ3v) is 7.26. The maximum absolute atomic E-state index is 13.1. The van der Waals surface area contributed by atoms with Gasteiger partial charge in [0.15, 0.2) is 5.82 Å². The van der Waals surface area contributed by atoms with E-state index in [1.54, 1.807) is 23.9 Å². The van der Waals surface area contributed by atoms with Crippen LogP contribution in [0.4, 0.5) is 17.1 Å². The van der Waals surface area contributed by atoms with Crippen molar-refractivity contribution in [1.29, 1.82) is 0 Å². The summed E-state index contributed by atoms with van der Waals surface area (Å²) in [7, 11) is 1.90. The molecule has 0 bridgehead atoms. The Labute approximate surface area is 242 Å². The van der Waals surface area contributed by atoms with E-state index in [9.17, 15) is 9.59 Å². The number of aryl methyl sites for hydroxylation is 2. The fraction of sp³-hybridized carbons (Fsp3) is 0.321. The molecule has 0 saturated heterocycles. The van der Waals surface area contributed by atoms with Crippen LogP contribution >= 0.6 is 35.0 Å². The van der Waals surface area contributed by atoms with Crippen LogP contribution in [-0.2, 0) is 11.8 Å². The molecule has 2 amide bonds. The Hall–Kier alpha value is -3.14. The highest BCUT2D eigenvalue weighted by Crippen LogP contribution is 2.27. The molecule has 0 saturated carbocycles. The minimum Gasteiger partial charge on any atom is -0.369 e. The van der Waals surface area contributed by atoms with Gasteiger partial charge in [0.2, 0.25) is 5.91 Å². The number of imidazole rings is 1. The van der Waals surface area contributed by atoms with Crippen molar-refractivity contribution in [3.63, 3.8) is 0 Å². The van der Waals surface area contributed by atoms with Gasteiger partial charge in [0.1, 0.15) is 0 Å². The second-order valence-corrected chi connectivity index (χ2v) is 10.9. The van der Waals surface area contributed by atoms with E-state index in [4.69, 9.17) is 28.2 Å². The molecule has 2 aromatic carbocycles. The number of nitrogens with zero attached hydrogens (tertiary/aromatic N) is 3. The number of H-pyrrole nitrogens is 1. The van der Waals surface area contributed by atoms with Gasteiger partial charge in [-0.25, -0.2) is 4.98 Å². The van der Waals surface area contributed by atoms with Gasteiger partial charge in [0.25, 0.3) is 5.91 Å². The number of benzene rings is 2. The normalized spacial score (nSPS) is 11.1. The first-order valence-corrected chi connectivity index (χ1v) is 15.0. The van der Waals surface area contributed by atoms with Crippen LogP contribution in [0, 0.1) is 6.92 Å². The molecule has 4 aromatic rings. The predicted octanol–water partition coefficient (Wildman–Crippen LogP) is 6.10. The summed E-state index contributed by atoms with van der Waals surface area (Å²) in [5.41, 5.74) is 6.32. The minimum absolute atomic E-state index is 0.0190. The van der Waals surface area contributed by atoms with Gasteiger partial charge in [-0.2, -0.15) is 11.8 Å². The van der Waals surface area contributed by atoms with E-state index in [1.165, 1.54) is 0 Å². The molecule has 11 heteroatoms. The summed E-state index contributed by atoms with van der Waals surface area (Å²) in [4.78, 5) is 35.3. The van der Waals surface area contributed by atoms with E-state index >= 15 is 0 Å². The highest BCUT2D eigenvalue weighted by atomic mass is 35.5. The number of thioether (sulfide) groups is 1. The average molecular weight is 588 g/mol. The maximum atomic E-state index is 13.1. The SMILES string of the molecule is CSCCC(=O)Nc1cc(-c2nc3ccc(C(=O)Nc4ccc(N(CCCl)CCCl)c(C)c4)cc3[nH]2)n(C)c1. The zero-order valence-electron chi connectivity index (χ0n) is 22.2. The number of alkyl halides is 2. The summed E-state index contributed by atoms with van der Waals surface area (Å²) in [6, 6.07) is 13.1. The molecule has 2 aromatic heterocycles.